The van der Waals surface area contributed by atoms with Crippen LogP contribution in [0.3, 0.4) is 0 Å². The van der Waals surface area contributed by atoms with Crippen LogP contribution in [0.15, 0.2) is 5.16 Å². The van der Waals surface area contributed by atoms with E-state index in [1.54, 1.807) is 11.8 Å². The fourth-order valence-corrected chi connectivity index (χ4v) is 2.34. The number of aryl methyl sites for hydroxylation is 2. The lowest BCUT2D eigenvalue weighted by molar-refractivity contribution is 0.588. The second-order valence-electron chi connectivity index (χ2n) is 4.79. The Kier molecular flexibility index (Phi) is 5.40. The highest BCUT2D eigenvalue weighted by atomic mass is 32.2. The van der Waals surface area contributed by atoms with E-state index < -0.39 is 0 Å². The van der Waals surface area contributed by atoms with Crippen LogP contribution in [0, 0.1) is 20.8 Å². The molecule has 0 radical (unpaired) electrons. The molecule has 1 atom stereocenters. The molecule has 0 fully saturated rings. The summed E-state index contributed by atoms with van der Waals surface area (Å²) in [4.78, 5) is 9.05. The van der Waals surface area contributed by atoms with Gasteiger partial charge in [-0.15, -0.1) is 0 Å². The number of thioether (sulfide) groups is 1. The maximum atomic E-state index is 4.52. The smallest absolute Gasteiger partial charge is 0.188 e. The largest absolute Gasteiger partial charge is 0.313 e. The van der Waals surface area contributed by atoms with Gasteiger partial charge in [-0.25, -0.2) is 9.97 Å². The minimum Gasteiger partial charge on any atom is -0.313 e. The highest BCUT2D eigenvalue weighted by molar-refractivity contribution is 7.99. The van der Waals surface area contributed by atoms with Gasteiger partial charge in [0.1, 0.15) is 0 Å². The lowest BCUT2D eigenvalue weighted by Crippen LogP contribution is -2.29. The van der Waals surface area contributed by atoms with Crippen LogP contribution in [0.25, 0.3) is 0 Å². The molecule has 4 heteroatoms. The van der Waals surface area contributed by atoms with E-state index in [2.05, 4.69) is 43.0 Å². The van der Waals surface area contributed by atoms with Crippen molar-refractivity contribution in [3.8, 4) is 0 Å². The van der Waals surface area contributed by atoms with Gasteiger partial charge in [-0.2, -0.15) is 0 Å². The van der Waals surface area contributed by atoms with Crippen LogP contribution in [-0.4, -0.2) is 27.8 Å². The molecule has 0 aliphatic carbocycles. The molecule has 1 rings (SSSR count). The fraction of sp³-hybridized carbons (Fsp3) is 0.692. The van der Waals surface area contributed by atoms with Crippen molar-refractivity contribution in [2.24, 2.45) is 0 Å². The summed E-state index contributed by atoms with van der Waals surface area (Å²) in [7, 11) is 0. The summed E-state index contributed by atoms with van der Waals surface area (Å²) in [5.41, 5.74) is 3.37. The van der Waals surface area contributed by atoms with Crippen molar-refractivity contribution in [2.45, 2.75) is 58.0 Å². The Balaban J connectivity index is 2.62. The number of aromatic nitrogens is 2. The van der Waals surface area contributed by atoms with Gasteiger partial charge in [0.05, 0.1) is 0 Å². The van der Waals surface area contributed by atoms with Gasteiger partial charge in [0.25, 0.3) is 0 Å². The molecule has 1 aromatic rings. The Bertz CT molecular complexity index is 354. The van der Waals surface area contributed by atoms with E-state index in [1.807, 2.05) is 13.8 Å². The van der Waals surface area contributed by atoms with Crippen molar-refractivity contribution in [1.29, 1.82) is 0 Å². The summed E-state index contributed by atoms with van der Waals surface area (Å²) in [6, 6.07) is 0.528. The molecule has 0 saturated heterocycles. The first kappa shape index (κ1) is 14.5. The van der Waals surface area contributed by atoms with Crippen molar-refractivity contribution >= 4 is 11.8 Å². The van der Waals surface area contributed by atoms with Crippen molar-refractivity contribution in [2.75, 3.05) is 6.54 Å². The van der Waals surface area contributed by atoms with Crippen molar-refractivity contribution in [3.63, 3.8) is 0 Å². The molecule has 0 saturated carbocycles. The first-order valence-electron chi connectivity index (χ1n) is 6.12. The van der Waals surface area contributed by atoms with Crippen LogP contribution in [0.2, 0.25) is 0 Å². The Morgan fingerprint density at radius 1 is 1.06 bits per heavy atom. The third kappa shape index (κ3) is 4.64. The van der Waals surface area contributed by atoms with Crippen LogP contribution in [-0.2, 0) is 0 Å². The third-order valence-corrected chi connectivity index (χ3v) is 3.69. The van der Waals surface area contributed by atoms with Crippen LogP contribution >= 0.6 is 11.8 Å². The summed E-state index contributed by atoms with van der Waals surface area (Å²) in [6.07, 6.45) is 0. The van der Waals surface area contributed by atoms with E-state index in [-0.39, 0.29) is 0 Å². The molecular formula is C13H23N3S. The SMILES string of the molecule is Cc1nc(SC(C)CNC(C)C)nc(C)c1C. The summed E-state index contributed by atoms with van der Waals surface area (Å²) in [6.45, 7) is 13.7. The van der Waals surface area contributed by atoms with E-state index >= 15 is 0 Å². The van der Waals surface area contributed by atoms with Crippen molar-refractivity contribution in [3.05, 3.63) is 17.0 Å². The normalized spacial score (nSPS) is 13.1. The van der Waals surface area contributed by atoms with Gasteiger partial charge in [-0.1, -0.05) is 32.5 Å². The highest BCUT2D eigenvalue weighted by Gasteiger charge is 2.10. The van der Waals surface area contributed by atoms with Gasteiger partial charge < -0.3 is 5.32 Å². The first-order valence-corrected chi connectivity index (χ1v) is 7.00. The maximum absolute atomic E-state index is 4.52. The molecule has 1 heterocycles. The van der Waals surface area contributed by atoms with Crippen molar-refractivity contribution < 1.29 is 0 Å². The highest BCUT2D eigenvalue weighted by Crippen LogP contribution is 2.21. The Hall–Kier alpha value is -0.610. The van der Waals surface area contributed by atoms with Crippen LogP contribution in [0.5, 0.6) is 0 Å². The minimum absolute atomic E-state index is 0.485. The summed E-state index contributed by atoms with van der Waals surface area (Å²) in [5.74, 6) is 0. The van der Waals surface area contributed by atoms with Crippen LogP contribution < -0.4 is 5.32 Å². The predicted molar refractivity (Wildman–Crippen MR) is 74.7 cm³/mol. The standard InChI is InChI=1S/C13H23N3S/c1-8(2)14-7-9(3)17-13-15-11(5)10(4)12(6)16-13/h8-9,14H,7H2,1-6H3. The van der Waals surface area contributed by atoms with Gasteiger partial charge in [0, 0.05) is 29.2 Å². The Labute approximate surface area is 109 Å². The van der Waals surface area contributed by atoms with Gasteiger partial charge in [-0.3, -0.25) is 0 Å². The molecule has 0 bridgehead atoms. The zero-order chi connectivity index (χ0) is 13.0. The maximum Gasteiger partial charge on any atom is 0.188 e. The van der Waals surface area contributed by atoms with E-state index in [9.17, 15) is 0 Å². The van der Waals surface area contributed by atoms with Gasteiger partial charge in [0.15, 0.2) is 5.16 Å². The second-order valence-corrected chi connectivity index (χ2v) is 6.20. The lowest BCUT2D eigenvalue weighted by atomic mass is 10.2. The number of rotatable bonds is 5. The molecule has 1 unspecified atom stereocenters. The van der Waals surface area contributed by atoms with E-state index in [0.29, 0.717) is 11.3 Å². The predicted octanol–water partition coefficient (Wildman–Crippen LogP) is 2.88. The summed E-state index contributed by atoms with van der Waals surface area (Å²) in [5, 5.41) is 4.81. The summed E-state index contributed by atoms with van der Waals surface area (Å²) < 4.78 is 0. The second kappa shape index (κ2) is 6.36. The zero-order valence-corrected chi connectivity index (χ0v) is 12.5. The molecule has 0 aromatic carbocycles. The number of nitrogens with one attached hydrogen (secondary N) is 1. The topological polar surface area (TPSA) is 37.8 Å². The molecule has 96 valence electrons. The number of hydrogen-bond donors (Lipinski definition) is 1. The zero-order valence-electron chi connectivity index (χ0n) is 11.7. The molecular weight excluding hydrogens is 230 g/mol. The monoisotopic (exact) mass is 253 g/mol. The fourth-order valence-electron chi connectivity index (χ4n) is 1.42. The van der Waals surface area contributed by atoms with Crippen molar-refractivity contribution in [1.82, 2.24) is 15.3 Å². The molecule has 0 aliphatic heterocycles. The Morgan fingerprint density at radius 2 is 1.59 bits per heavy atom. The first-order chi connectivity index (χ1) is 7.90. The molecule has 3 nitrogen and oxygen atoms in total. The van der Waals surface area contributed by atoms with Gasteiger partial charge in [0.2, 0.25) is 0 Å². The van der Waals surface area contributed by atoms with Crippen LogP contribution in [0.4, 0.5) is 0 Å². The molecule has 0 aliphatic rings. The lowest BCUT2D eigenvalue weighted by Gasteiger charge is -2.14. The van der Waals surface area contributed by atoms with E-state index in [1.165, 1.54) is 5.56 Å². The van der Waals surface area contributed by atoms with Gasteiger partial charge >= 0.3 is 0 Å². The molecule has 17 heavy (non-hydrogen) atoms. The molecule has 1 N–H and O–H groups in total. The summed E-state index contributed by atoms with van der Waals surface area (Å²) >= 11 is 1.74. The molecule has 0 amide bonds. The minimum atomic E-state index is 0.485. The van der Waals surface area contributed by atoms with Gasteiger partial charge in [-0.05, 0) is 26.3 Å². The molecule has 1 aromatic heterocycles. The number of hydrogen-bond acceptors (Lipinski definition) is 4. The third-order valence-electron chi connectivity index (χ3n) is 2.73. The quantitative estimate of drug-likeness (QED) is 0.647. The van der Waals surface area contributed by atoms with Crippen LogP contribution in [0.1, 0.15) is 37.7 Å². The Morgan fingerprint density at radius 3 is 2.06 bits per heavy atom. The average Bonchev–Trinajstić information content (AvgIpc) is 2.23. The average molecular weight is 253 g/mol. The molecule has 0 spiro atoms. The van der Waals surface area contributed by atoms with E-state index in [0.717, 1.165) is 23.1 Å². The number of nitrogens with zero attached hydrogens (tertiary/aromatic N) is 2. The van der Waals surface area contributed by atoms with E-state index in [4.69, 9.17) is 0 Å².